The molecule has 2 N–H and O–H groups in total. The smallest absolute Gasteiger partial charge is 0.226 e. The van der Waals surface area contributed by atoms with E-state index >= 15 is 0 Å². The third-order valence-corrected chi connectivity index (χ3v) is 4.84. The van der Waals surface area contributed by atoms with E-state index in [0.717, 1.165) is 23.6 Å². The Morgan fingerprint density at radius 3 is 2.52 bits per heavy atom. The highest BCUT2D eigenvalue weighted by Crippen LogP contribution is 2.33. The van der Waals surface area contributed by atoms with Crippen LogP contribution in [-0.4, -0.2) is 49.7 Å². The lowest BCUT2D eigenvalue weighted by molar-refractivity contribution is 0.383. The van der Waals surface area contributed by atoms with Gasteiger partial charge >= 0.3 is 0 Å². The molecule has 0 bridgehead atoms. The molecule has 0 aliphatic carbocycles. The second kappa shape index (κ2) is 7.00. The molecule has 0 saturated carbocycles. The average Bonchev–Trinajstić information content (AvgIpc) is 2.59. The molecule has 7 nitrogen and oxygen atoms in total. The largest absolute Gasteiger partial charge is 0.377 e. The molecule has 0 radical (unpaired) electrons. The molecular formula is C20H25N7. The Labute approximate surface area is 159 Å². The molecule has 1 aliphatic heterocycles. The lowest BCUT2D eigenvalue weighted by Gasteiger charge is -2.29. The minimum Gasteiger partial charge on any atom is -0.377 e. The highest BCUT2D eigenvalue weighted by atomic mass is 15.2. The zero-order valence-corrected chi connectivity index (χ0v) is 16.2. The van der Waals surface area contributed by atoms with Crippen LogP contribution < -0.4 is 20.4 Å². The maximum Gasteiger partial charge on any atom is 0.226 e. The second-order valence-electron chi connectivity index (χ2n) is 7.28. The van der Waals surface area contributed by atoms with E-state index in [4.69, 9.17) is 0 Å². The van der Waals surface area contributed by atoms with Gasteiger partial charge in [0.2, 0.25) is 5.95 Å². The first kappa shape index (κ1) is 17.5. The lowest BCUT2D eigenvalue weighted by Crippen LogP contribution is -2.35. The molecule has 7 heteroatoms. The van der Waals surface area contributed by atoms with Crippen LogP contribution in [0.25, 0.3) is 10.8 Å². The van der Waals surface area contributed by atoms with Gasteiger partial charge in [-0.05, 0) is 48.2 Å². The Morgan fingerprint density at radius 2 is 1.85 bits per heavy atom. The summed E-state index contributed by atoms with van der Waals surface area (Å²) in [5.74, 6) is 2.16. The third-order valence-electron chi connectivity index (χ3n) is 4.84. The number of nitrogens with one attached hydrogen (secondary N) is 2. The van der Waals surface area contributed by atoms with Gasteiger partial charge in [0.15, 0.2) is 0 Å². The van der Waals surface area contributed by atoms with Crippen LogP contribution >= 0.6 is 0 Å². The van der Waals surface area contributed by atoms with Crippen LogP contribution in [-0.2, 0) is 0 Å². The number of benzene rings is 1. The van der Waals surface area contributed by atoms with Gasteiger partial charge in [-0.1, -0.05) is 0 Å². The molecule has 0 amide bonds. The third kappa shape index (κ3) is 3.50. The first-order valence-electron chi connectivity index (χ1n) is 9.13. The number of pyridine rings is 1. The Hall–Kier alpha value is -2.93. The number of anilines is 4. The van der Waals surface area contributed by atoms with Crippen molar-refractivity contribution in [3.05, 3.63) is 42.2 Å². The van der Waals surface area contributed by atoms with Crippen LogP contribution in [0.15, 0.2) is 36.7 Å². The summed E-state index contributed by atoms with van der Waals surface area (Å²) < 4.78 is 0. The summed E-state index contributed by atoms with van der Waals surface area (Å²) in [4.78, 5) is 17.4. The van der Waals surface area contributed by atoms with E-state index in [1.165, 1.54) is 23.1 Å². The van der Waals surface area contributed by atoms with E-state index in [1.807, 2.05) is 31.3 Å². The van der Waals surface area contributed by atoms with Gasteiger partial charge in [0.25, 0.3) is 0 Å². The molecule has 27 heavy (non-hydrogen) atoms. The summed E-state index contributed by atoms with van der Waals surface area (Å²) in [6.07, 6.45) is 4.86. The van der Waals surface area contributed by atoms with Gasteiger partial charge in [-0.3, -0.25) is 0 Å². The molecule has 0 spiro atoms. The van der Waals surface area contributed by atoms with Crippen LogP contribution in [0.5, 0.6) is 0 Å². The summed E-state index contributed by atoms with van der Waals surface area (Å²) in [5.41, 5.74) is 2.51. The SMILES string of the molecule is CN(C)c1nccc(Nc2cc3cc(C4CCN4)cc(N(C)C)c3cn2)n1. The van der Waals surface area contributed by atoms with Gasteiger partial charge in [0.05, 0.1) is 0 Å². The van der Waals surface area contributed by atoms with E-state index in [0.29, 0.717) is 12.0 Å². The quantitative estimate of drug-likeness (QED) is 0.722. The van der Waals surface area contributed by atoms with Crippen molar-refractivity contribution < 1.29 is 0 Å². The normalized spacial score (nSPS) is 16.1. The highest BCUT2D eigenvalue weighted by molar-refractivity contribution is 5.96. The van der Waals surface area contributed by atoms with Crippen molar-refractivity contribution in [2.24, 2.45) is 0 Å². The van der Waals surface area contributed by atoms with Gasteiger partial charge in [0, 0.05) is 57.7 Å². The van der Waals surface area contributed by atoms with Gasteiger partial charge in [-0.15, -0.1) is 0 Å². The standard InChI is InChI=1S/C20H25N7/c1-26(2)17-10-14(16-5-7-21-16)9-13-11-19(23-12-15(13)17)24-18-6-8-22-20(25-18)27(3)4/h6,8-12,16,21H,5,7H2,1-4H3,(H,22,23,24,25). The van der Waals surface area contributed by atoms with Crippen molar-refractivity contribution in [2.75, 3.05) is 49.9 Å². The number of aromatic nitrogens is 3. The van der Waals surface area contributed by atoms with E-state index in [9.17, 15) is 0 Å². The fraction of sp³-hybridized carbons (Fsp3) is 0.350. The molecular weight excluding hydrogens is 338 g/mol. The van der Waals surface area contributed by atoms with Gasteiger partial charge < -0.3 is 20.4 Å². The van der Waals surface area contributed by atoms with Gasteiger partial charge in [-0.25, -0.2) is 9.97 Å². The number of rotatable bonds is 5. The number of nitrogens with zero attached hydrogens (tertiary/aromatic N) is 5. The molecule has 1 saturated heterocycles. The molecule has 2 aromatic heterocycles. The second-order valence-corrected chi connectivity index (χ2v) is 7.28. The molecule has 140 valence electrons. The lowest BCUT2D eigenvalue weighted by atomic mass is 9.95. The Morgan fingerprint density at radius 1 is 1.04 bits per heavy atom. The van der Waals surface area contributed by atoms with E-state index in [2.05, 4.69) is 62.8 Å². The maximum absolute atomic E-state index is 4.60. The molecule has 1 aliphatic rings. The molecule has 1 aromatic carbocycles. The Kier molecular flexibility index (Phi) is 4.53. The highest BCUT2D eigenvalue weighted by Gasteiger charge is 2.20. The zero-order valence-electron chi connectivity index (χ0n) is 16.2. The topological polar surface area (TPSA) is 69.2 Å². The van der Waals surface area contributed by atoms with E-state index < -0.39 is 0 Å². The molecule has 4 rings (SSSR count). The Bertz CT molecular complexity index is 964. The Balaban J connectivity index is 1.71. The molecule has 3 heterocycles. The van der Waals surface area contributed by atoms with E-state index in [-0.39, 0.29) is 0 Å². The summed E-state index contributed by atoms with van der Waals surface area (Å²) >= 11 is 0. The minimum absolute atomic E-state index is 0.446. The van der Waals surface area contributed by atoms with Crippen LogP contribution in [0.1, 0.15) is 18.0 Å². The van der Waals surface area contributed by atoms with Crippen LogP contribution in [0.2, 0.25) is 0 Å². The summed E-state index contributed by atoms with van der Waals surface area (Å²) in [6.45, 7) is 1.09. The molecule has 1 atom stereocenters. The predicted octanol–water partition coefficient (Wildman–Crippen LogP) is 2.93. The maximum atomic E-state index is 4.60. The first-order chi connectivity index (χ1) is 13.0. The van der Waals surface area contributed by atoms with Crippen molar-refractivity contribution in [1.82, 2.24) is 20.3 Å². The van der Waals surface area contributed by atoms with Gasteiger partial charge in [-0.2, -0.15) is 4.98 Å². The predicted molar refractivity (Wildman–Crippen MR) is 111 cm³/mol. The fourth-order valence-electron chi connectivity index (χ4n) is 3.24. The average molecular weight is 363 g/mol. The summed E-state index contributed by atoms with van der Waals surface area (Å²) in [6, 6.07) is 8.90. The minimum atomic E-state index is 0.446. The monoisotopic (exact) mass is 363 g/mol. The van der Waals surface area contributed by atoms with Crippen LogP contribution in [0.4, 0.5) is 23.3 Å². The number of hydrogen-bond donors (Lipinski definition) is 2. The van der Waals surface area contributed by atoms with Crippen molar-refractivity contribution in [3.63, 3.8) is 0 Å². The summed E-state index contributed by atoms with van der Waals surface area (Å²) in [5, 5.41) is 9.11. The van der Waals surface area contributed by atoms with Crippen molar-refractivity contribution >= 4 is 34.0 Å². The van der Waals surface area contributed by atoms with Crippen molar-refractivity contribution in [3.8, 4) is 0 Å². The molecule has 1 unspecified atom stereocenters. The van der Waals surface area contributed by atoms with Crippen molar-refractivity contribution in [1.29, 1.82) is 0 Å². The van der Waals surface area contributed by atoms with Crippen LogP contribution in [0.3, 0.4) is 0 Å². The number of hydrogen-bond acceptors (Lipinski definition) is 7. The summed E-state index contributed by atoms with van der Waals surface area (Å²) in [7, 11) is 7.99. The molecule has 3 aromatic rings. The first-order valence-corrected chi connectivity index (χ1v) is 9.13. The zero-order chi connectivity index (χ0) is 19.0. The number of fused-ring (bicyclic) bond motifs is 1. The fourth-order valence-corrected chi connectivity index (χ4v) is 3.24. The molecule has 1 fully saturated rings. The van der Waals surface area contributed by atoms with Crippen LogP contribution in [0, 0.1) is 0 Å². The van der Waals surface area contributed by atoms with Crippen molar-refractivity contribution in [2.45, 2.75) is 12.5 Å². The van der Waals surface area contributed by atoms with Gasteiger partial charge in [0.1, 0.15) is 11.6 Å². The van der Waals surface area contributed by atoms with E-state index in [1.54, 1.807) is 6.20 Å².